The van der Waals surface area contributed by atoms with E-state index in [2.05, 4.69) is 4.99 Å². The van der Waals surface area contributed by atoms with Gasteiger partial charge in [-0.3, -0.25) is 15.8 Å². The maximum atomic E-state index is 9.72. The zero-order valence-electron chi connectivity index (χ0n) is 9.08. The van der Waals surface area contributed by atoms with Crippen molar-refractivity contribution < 1.29 is 15.2 Å². The van der Waals surface area contributed by atoms with Gasteiger partial charge in [-0.25, -0.2) is 15.5 Å². The lowest BCUT2D eigenvalue weighted by Gasteiger charge is -2.19. The summed E-state index contributed by atoms with van der Waals surface area (Å²) in [7, 11) is 1.51. The van der Waals surface area contributed by atoms with E-state index in [1.807, 2.05) is 0 Å². The second-order valence-electron chi connectivity index (χ2n) is 3.40. The highest BCUT2D eigenvalue weighted by Crippen LogP contribution is 2.32. The van der Waals surface area contributed by atoms with Crippen molar-refractivity contribution in [3.8, 4) is 5.75 Å². The van der Waals surface area contributed by atoms with E-state index in [1.54, 1.807) is 29.7 Å². The summed E-state index contributed by atoms with van der Waals surface area (Å²) in [6, 6.07) is 7.02. The van der Waals surface area contributed by atoms with E-state index in [4.69, 9.17) is 15.4 Å². The average molecular weight is 236 g/mol. The first kappa shape index (κ1) is 11.4. The van der Waals surface area contributed by atoms with Gasteiger partial charge in [-0.2, -0.15) is 0 Å². The lowest BCUT2D eigenvalue weighted by molar-refractivity contribution is -0.0459. The summed E-state index contributed by atoms with van der Waals surface area (Å²) in [5.74, 6) is 0.152. The molecule has 0 amide bonds. The van der Waals surface area contributed by atoms with Gasteiger partial charge in [0, 0.05) is 5.56 Å². The number of benzene rings is 1. The molecule has 0 aromatic heterocycles. The number of para-hydroxylation sites is 1. The van der Waals surface area contributed by atoms with Gasteiger partial charge in [0.05, 0.1) is 7.11 Å². The largest absolute Gasteiger partial charge is 0.496 e. The Bertz CT molecular complexity index is 474. The van der Waals surface area contributed by atoms with Crippen molar-refractivity contribution in [2.75, 3.05) is 7.11 Å². The molecule has 1 aromatic rings. The van der Waals surface area contributed by atoms with Crippen LogP contribution in [-0.2, 0) is 0 Å². The molecule has 1 heterocycles. The molecule has 7 heteroatoms. The predicted molar refractivity (Wildman–Crippen MR) is 59.4 cm³/mol. The van der Waals surface area contributed by atoms with Crippen LogP contribution in [0.5, 0.6) is 5.75 Å². The van der Waals surface area contributed by atoms with E-state index < -0.39 is 6.17 Å². The highest BCUT2D eigenvalue weighted by molar-refractivity contribution is 6.39. The van der Waals surface area contributed by atoms with Crippen molar-refractivity contribution >= 4 is 11.7 Å². The Morgan fingerprint density at radius 3 is 2.76 bits per heavy atom. The van der Waals surface area contributed by atoms with Gasteiger partial charge < -0.3 is 4.74 Å². The van der Waals surface area contributed by atoms with Crippen molar-refractivity contribution in [2.24, 2.45) is 4.99 Å². The number of aliphatic imine (C=N–C) groups is 1. The predicted octanol–water partition coefficient (Wildman–Crippen LogP) is 0.753. The van der Waals surface area contributed by atoms with Crippen LogP contribution in [0.3, 0.4) is 0 Å². The third-order valence-corrected chi connectivity index (χ3v) is 2.46. The Kier molecular flexibility index (Phi) is 2.94. The average Bonchev–Trinajstić information content (AvgIpc) is 2.66. The third-order valence-electron chi connectivity index (χ3n) is 2.46. The zero-order chi connectivity index (χ0) is 12.4. The van der Waals surface area contributed by atoms with Crippen molar-refractivity contribution in [2.45, 2.75) is 6.17 Å². The van der Waals surface area contributed by atoms with E-state index in [9.17, 15) is 5.21 Å². The van der Waals surface area contributed by atoms with Gasteiger partial charge in [0.1, 0.15) is 5.75 Å². The van der Waals surface area contributed by atoms with Crippen molar-refractivity contribution in [3.05, 3.63) is 29.8 Å². The molecule has 1 aromatic carbocycles. The summed E-state index contributed by atoms with van der Waals surface area (Å²) in [6.07, 6.45) is -0.798. The van der Waals surface area contributed by atoms with Crippen LogP contribution in [0.25, 0.3) is 0 Å². The Balaban J connectivity index is 2.41. The van der Waals surface area contributed by atoms with Crippen LogP contribution < -0.4 is 10.2 Å². The fourth-order valence-corrected chi connectivity index (χ4v) is 1.63. The first-order chi connectivity index (χ1) is 8.19. The molecule has 1 aliphatic rings. The number of hydroxylamine groups is 3. The SMILES string of the molecule is COc1ccccc1C1N=C(NO)C(=N)N1O. The van der Waals surface area contributed by atoms with E-state index in [0.717, 1.165) is 0 Å². The molecule has 0 aliphatic carbocycles. The van der Waals surface area contributed by atoms with Crippen LogP contribution in [0.4, 0.5) is 0 Å². The quantitative estimate of drug-likeness (QED) is 0.568. The number of hydrogen-bond donors (Lipinski definition) is 4. The Hall–Kier alpha value is -2.12. The van der Waals surface area contributed by atoms with Crippen LogP contribution in [0.2, 0.25) is 0 Å². The van der Waals surface area contributed by atoms with Gasteiger partial charge in [-0.15, -0.1) is 0 Å². The molecule has 0 bridgehead atoms. The summed E-state index contributed by atoms with van der Waals surface area (Å²) in [5.41, 5.74) is 2.37. The van der Waals surface area contributed by atoms with E-state index in [1.165, 1.54) is 7.11 Å². The molecular formula is C10H12N4O3. The summed E-state index contributed by atoms with van der Waals surface area (Å²) in [6.45, 7) is 0. The highest BCUT2D eigenvalue weighted by Gasteiger charge is 2.33. The molecule has 7 nitrogen and oxygen atoms in total. The van der Waals surface area contributed by atoms with Gasteiger partial charge in [0.15, 0.2) is 17.8 Å². The summed E-state index contributed by atoms with van der Waals surface area (Å²) >= 11 is 0. The molecule has 90 valence electrons. The summed E-state index contributed by atoms with van der Waals surface area (Å²) < 4.78 is 5.15. The number of rotatable bonds is 2. The topological polar surface area (TPSA) is 101 Å². The van der Waals surface area contributed by atoms with E-state index in [0.29, 0.717) is 16.4 Å². The molecule has 2 rings (SSSR count). The molecule has 0 spiro atoms. The molecule has 0 fully saturated rings. The molecule has 17 heavy (non-hydrogen) atoms. The Morgan fingerprint density at radius 2 is 2.18 bits per heavy atom. The van der Waals surface area contributed by atoms with Crippen LogP contribution in [-0.4, -0.2) is 34.3 Å². The summed E-state index contributed by atoms with van der Waals surface area (Å²) in [5, 5.41) is 26.6. The molecule has 0 saturated heterocycles. The Labute approximate surface area is 97.4 Å². The molecule has 0 radical (unpaired) electrons. The minimum Gasteiger partial charge on any atom is -0.496 e. The fraction of sp³-hybridized carbons (Fsp3) is 0.200. The lowest BCUT2D eigenvalue weighted by Crippen LogP contribution is -2.33. The maximum absolute atomic E-state index is 9.72. The van der Waals surface area contributed by atoms with Crippen molar-refractivity contribution in [1.29, 1.82) is 5.41 Å². The summed E-state index contributed by atoms with van der Waals surface area (Å²) in [4.78, 5) is 3.97. The highest BCUT2D eigenvalue weighted by atomic mass is 16.5. The second-order valence-corrected chi connectivity index (χ2v) is 3.40. The molecular weight excluding hydrogens is 224 g/mol. The molecule has 1 atom stereocenters. The van der Waals surface area contributed by atoms with Gasteiger partial charge in [-0.05, 0) is 6.07 Å². The minimum atomic E-state index is -0.798. The van der Waals surface area contributed by atoms with Gasteiger partial charge >= 0.3 is 0 Å². The number of hydrogen-bond acceptors (Lipinski definition) is 6. The monoisotopic (exact) mass is 236 g/mol. The Morgan fingerprint density at radius 1 is 1.47 bits per heavy atom. The van der Waals surface area contributed by atoms with Crippen LogP contribution in [0.1, 0.15) is 11.7 Å². The smallest absolute Gasteiger partial charge is 0.192 e. The molecule has 4 N–H and O–H groups in total. The second kappa shape index (κ2) is 4.40. The standard InChI is InChI=1S/C10H12N4O3/c1-17-7-5-3-2-4-6(7)10-12-9(13-15)8(11)14(10)16/h2-5,10-11,15-16H,1H3,(H,12,13). The van der Waals surface area contributed by atoms with Crippen molar-refractivity contribution in [1.82, 2.24) is 10.5 Å². The molecule has 1 unspecified atom stereocenters. The first-order valence-electron chi connectivity index (χ1n) is 4.87. The van der Waals surface area contributed by atoms with Crippen LogP contribution >= 0.6 is 0 Å². The minimum absolute atomic E-state index is 0.0941. The number of amidine groups is 2. The number of methoxy groups -OCH3 is 1. The van der Waals surface area contributed by atoms with E-state index >= 15 is 0 Å². The molecule has 1 aliphatic heterocycles. The van der Waals surface area contributed by atoms with E-state index in [-0.39, 0.29) is 11.7 Å². The van der Waals surface area contributed by atoms with Gasteiger partial charge in [-0.1, -0.05) is 18.2 Å². The number of ether oxygens (including phenoxy) is 1. The van der Waals surface area contributed by atoms with Crippen molar-refractivity contribution in [3.63, 3.8) is 0 Å². The number of nitrogens with zero attached hydrogens (tertiary/aromatic N) is 2. The van der Waals surface area contributed by atoms with Gasteiger partial charge in [0.2, 0.25) is 0 Å². The molecule has 0 saturated carbocycles. The van der Waals surface area contributed by atoms with Gasteiger partial charge in [0.25, 0.3) is 0 Å². The normalized spacial score (nSPS) is 19.2. The van der Waals surface area contributed by atoms with Crippen LogP contribution in [0, 0.1) is 5.41 Å². The zero-order valence-corrected chi connectivity index (χ0v) is 9.08. The van der Waals surface area contributed by atoms with Crippen LogP contribution in [0.15, 0.2) is 29.3 Å². The third kappa shape index (κ3) is 1.81. The fourth-order valence-electron chi connectivity index (χ4n) is 1.63. The lowest BCUT2D eigenvalue weighted by atomic mass is 10.1. The maximum Gasteiger partial charge on any atom is 0.192 e. The number of nitrogens with one attached hydrogen (secondary N) is 2. The first-order valence-corrected chi connectivity index (χ1v) is 4.87.